The van der Waals surface area contributed by atoms with Gasteiger partial charge in [-0.1, -0.05) is 31.5 Å². The number of H-pyrrole nitrogens is 1. The molecule has 0 fully saturated rings. The zero-order chi connectivity index (χ0) is 20.1. The number of fused-ring (bicyclic) bond motifs is 1. The minimum absolute atomic E-state index is 0.135. The highest BCUT2D eigenvalue weighted by atomic mass is 16.6. The number of hydrogen-bond donors (Lipinski definition) is 1. The molecule has 0 saturated heterocycles. The lowest BCUT2D eigenvalue weighted by Crippen LogP contribution is -2.31. The minimum atomic E-state index is -0.562. The second-order valence-electron chi connectivity index (χ2n) is 6.29. The van der Waals surface area contributed by atoms with Crippen molar-refractivity contribution in [3.05, 3.63) is 57.0 Å². The summed E-state index contributed by atoms with van der Waals surface area (Å²) < 4.78 is 13.5. The van der Waals surface area contributed by atoms with Crippen LogP contribution < -0.4 is 16.0 Å². The minimum Gasteiger partial charge on any atom is -0.482 e. The lowest BCUT2D eigenvalue weighted by Gasteiger charge is -2.07. The van der Waals surface area contributed by atoms with Crippen molar-refractivity contribution in [1.82, 2.24) is 19.1 Å². The SMILES string of the molecule is CCCCn1c(=O)[nH]c(=O)c2c1nc(COC(=O)COc1ccccc1)n2C. The summed E-state index contributed by atoms with van der Waals surface area (Å²) in [4.78, 5) is 42.9. The molecule has 9 heteroatoms. The summed E-state index contributed by atoms with van der Waals surface area (Å²) in [6.07, 6.45) is 1.67. The molecule has 0 aliphatic rings. The van der Waals surface area contributed by atoms with Crippen LogP contribution in [-0.4, -0.2) is 31.7 Å². The zero-order valence-electron chi connectivity index (χ0n) is 15.8. The van der Waals surface area contributed by atoms with E-state index in [0.29, 0.717) is 18.1 Å². The number of esters is 1. The van der Waals surface area contributed by atoms with Gasteiger partial charge in [-0.05, 0) is 18.6 Å². The normalized spacial score (nSPS) is 10.9. The molecule has 3 rings (SSSR count). The average molecular weight is 386 g/mol. The fraction of sp³-hybridized carbons (Fsp3) is 0.368. The van der Waals surface area contributed by atoms with Crippen molar-refractivity contribution in [2.75, 3.05) is 6.61 Å². The first-order valence-electron chi connectivity index (χ1n) is 9.03. The first-order valence-corrected chi connectivity index (χ1v) is 9.03. The highest BCUT2D eigenvalue weighted by Gasteiger charge is 2.17. The number of rotatable bonds is 8. The Hall–Kier alpha value is -3.36. The van der Waals surface area contributed by atoms with Gasteiger partial charge in [0.25, 0.3) is 5.56 Å². The number of ether oxygens (including phenoxy) is 2. The number of hydrogen-bond acceptors (Lipinski definition) is 6. The maximum absolute atomic E-state index is 12.2. The molecule has 9 nitrogen and oxygen atoms in total. The third-order valence-electron chi connectivity index (χ3n) is 4.30. The molecule has 28 heavy (non-hydrogen) atoms. The Bertz CT molecular complexity index is 1080. The third-order valence-corrected chi connectivity index (χ3v) is 4.30. The molecular weight excluding hydrogens is 364 g/mol. The van der Waals surface area contributed by atoms with Crippen LogP contribution >= 0.6 is 0 Å². The van der Waals surface area contributed by atoms with E-state index in [2.05, 4.69) is 9.97 Å². The number of nitrogens with one attached hydrogen (secondary N) is 1. The van der Waals surface area contributed by atoms with Crippen molar-refractivity contribution in [3.63, 3.8) is 0 Å². The summed E-state index contributed by atoms with van der Waals surface area (Å²) in [6, 6.07) is 8.92. The molecule has 0 bridgehead atoms. The number of carbonyl (C=O) groups is 1. The molecule has 0 radical (unpaired) electrons. The van der Waals surface area contributed by atoms with Crippen molar-refractivity contribution in [2.24, 2.45) is 7.05 Å². The molecule has 1 N–H and O–H groups in total. The predicted molar refractivity (Wildman–Crippen MR) is 102 cm³/mol. The molecule has 0 unspecified atom stereocenters. The number of aromatic amines is 1. The van der Waals surface area contributed by atoms with Crippen molar-refractivity contribution in [2.45, 2.75) is 32.9 Å². The van der Waals surface area contributed by atoms with Gasteiger partial charge in [-0.25, -0.2) is 14.6 Å². The van der Waals surface area contributed by atoms with Crippen LogP contribution in [0.25, 0.3) is 11.2 Å². The van der Waals surface area contributed by atoms with E-state index >= 15 is 0 Å². The van der Waals surface area contributed by atoms with E-state index in [0.717, 1.165) is 12.8 Å². The van der Waals surface area contributed by atoms with Crippen molar-refractivity contribution >= 4 is 17.1 Å². The van der Waals surface area contributed by atoms with Gasteiger partial charge in [0.05, 0.1) is 0 Å². The summed E-state index contributed by atoms with van der Waals surface area (Å²) in [5.41, 5.74) is -0.463. The number of para-hydroxylation sites is 1. The van der Waals surface area contributed by atoms with Gasteiger partial charge in [0.15, 0.2) is 17.8 Å². The van der Waals surface area contributed by atoms with E-state index in [1.165, 1.54) is 9.13 Å². The van der Waals surface area contributed by atoms with Gasteiger partial charge in [0, 0.05) is 13.6 Å². The molecule has 0 aliphatic carbocycles. The largest absolute Gasteiger partial charge is 0.482 e. The van der Waals surface area contributed by atoms with E-state index in [1.54, 1.807) is 31.3 Å². The second kappa shape index (κ2) is 8.55. The molecule has 0 atom stereocenters. The van der Waals surface area contributed by atoms with Gasteiger partial charge < -0.3 is 14.0 Å². The van der Waals surface area contributed by atoms with Crippen LogP contribution in [0.5, 0.6) is 5.75 Å². The van der Waals surface area contributed by atoms with Crippen molar-refractivity contribution in [3.8, 4) is 5.75 Å². The van der Waals surface area contributed by atoms with Gasteiger partial charge in [0.1, 0.15) is 18.2 Å². The average Bonchev–Trinajstić information content (AvgIpc) is 3.02. The first kappa shape index (κ1) is 19.4. The van der Waals surface area contributed by atoms with Crippen molar-refractivity contribution < 1.29 is 14.3 Å². The summed E-state index contributed by atoms with van der Waals surface area (Å²) in [5.74, 6) is 0.367. The van der Waals surface area contributed by atoms with Crippen molar-refractivity contribution in [1.29, 1.82) is 0 Å². The number of carbonyl (C=O) groups excluding carboxylic acids is 1. The number of aryl methyl sites for hydroxylation is 2. The van der Waals surface area contributed by atoms with Crippen LogP contribution in [0.1, 0.15) is 25.6 Å². The molecule has 3 aromatic rings. The standard InChI is InChI=1S/C19H22N4O5/c1-3-4-10-23-17-16(18(25)21-19(23)26)22(2)14(20-17)11-28-15(24)12-27-13-8-6-5-7-9-13/h5-9H,3-4,10-12H2,1-2H3,(H,21,25,26). The lowest BCUT2D eigenvalue weighted by molar-refractivity contribution is -0.147. The summed E-state index contributed by atoms with van der Waals surface area (Å²) in [7, 11) is 1.64. The Kier molecular flexibility index (Phi) is 5.93. The van der Waals surface area contributed by atoms with E-state index < -0.39 is 17.2 Å². The van der Waals surface area contributed by atoms with Crippen LogP contribution in [0, 0.1) is 0 Å². The van der Waals surface area contributed by atoms with E-state index in [-0.39, 0.29) is 24.4 Å². The van der Waals surface area contributed by atoms with Crippen LogP contribution in [-0.2, 0) is 29.7 Å². The molecule has 1 aromatic carbocycles. The fourth-order valence-corrected chi connectivity index (χ4v) is 2.79. The van der Waals surface area contributed by atoms with E-state index in [1.807, 2.05) is 13.0 Å². The van der Waals surface area contributed by atoms with Crippen LogP contribution in [0.15, 0.2) is 39.9 Å². The number of benzene rings is 1. The molecule has 0 aliphatic heterocycles. The van der Waals surface area contributed by atoms with E-state index in [4.69, 9.17) is 9.47 Å². The third kappa shape index (κ3) is 4.13. The van der Waals surface area contributed by atoms with Crippen LogP contribution in [0.4, 0.5) is 0 Å². The highest BCUT2D eigenvalue weighted by molar-refractivity contribution is 5.72. The number of unbranched alkanes of at least 4 members (excludes halogenated alkanes) is 1. The Morgan fingerprint density at radius 3 is 2.68 bits per heavy atom. The van der Waals surface area contributed by atoms with Gasteiger partial charge in [0.2, 0.25) is 0 Å². The van der Waals surface area contributed by atoms with Gasteiger partial charge in [-0.15, -0.1) is 0 Å². The first-order chi connectivity index (χ1) is 13.5. The second-order valence-corrected chi connectivity index (χ2v) is 6.29. The lowest BCUT2D eigenvalue weighted by atomic mass is 10.3. The summed E-state index contributed by atoms with van der Waals surface area (Å²) >= 11 is 0. The number of nitrogens with zero attached hydrogens (tertiary/aromatic N) is 3. The molecular formula is C19H22N4O5. The van der Waals surface area contributed by atoms with Crippen LogP contribution in [0.2, 0.25) is 0 Å². The monoisotopic (exact) mass is 386 g/mol. The molecule has 2 aromatic heterocycles. The molecule has 0 amide bonds. The number of imidazole rings is 1. The molecule has 0 saturated carbocycles. The molecule has 2 heterocycles. The Morgan fingerprint density at radius 2 is 1.96 bits per heavy atom. The highest BCUT2D eigenvalue weighted by Crippen LogP contribution is 2.12. The fourth-order valence-electron chi connectivity index (χ4n) is 2.79. The maximum Gasteiger partial charge on any atom is 0.344 e. The summed E-state index contributed by atoms with van der Waals surface area (Å²) in [6.45, 7) is 2.08. The zero-order valence-corrected chi connectivity index (χ0v) is 15.8. The summed E-state index contributed by atoms with van der Waals surface area (Å²) in [5, 5.41) is 0. The van der Waals surface area contributed by atoms with Gasteiger partial charge >= 0.3 is 11.7 Å². The molecule has 0 spiro atoms. The van der Waals surface area contributed by atoms with Gasteiger partial charge in [-0.3, -0.25) is 14.3 Å². The van der Waals surface area contributed by atoms with Gasteiger partial charge in [-0.2, -0.15) is 0 Å². The Labute approximate surface area is 160 Å². The molecule has 148 valence electrons. The number of aromatic nitrogens is 4. The maximum atomic E-state index is 12.2. The smallest absolute Gasteiger partial charge is 0.344 e. The predicted octanol–water partition coefficient (Wildman–Crippen LogP) is 1.35. The Balaban J connectivity index is 1.75. The topological polar surface area (TPSA) is 108 Å². The Morgan fingerprint density at radius 1 is 1.21 bits per heavy atom. The van der Waals surface area contributed by atoms with Crippen LogP contribution in [0.3, 0.4) is 0 Å². The quantitative estimate of drug-likeness (QED) is 0.586. The van der Waals surface area contributed by atoms with E-state index in [9.17, 15) is 14.4 Å².